The van der Waals surface area contributed by atoms with E-state index in [9.17, 15) is 17.9 Å². The molecule has 4 rings (SSSR count). The second-order valence-corrected chi connectivity index (χ2v) is 10.3. The van der Waals surface area contributed by atoms with Crippen LogP contribution in [0.5, 0.6) is 11.5 Å². The van der Waals surface area contributed by atoms with Gasteiger partial charge in [-0.15, -0.1) is 0 Å². The molecule has 8 heteroatoms. The van der Waals surface area contributed by atoms with Gasteiger partial charge < -0.3 is 9.84 Å². The van der Waals surface area contributed by atoms with Crippen LogP contribution >= 0.6 is 0 Å². The summed E-state index contributed by atoms with van der Waals surface area (Å²) in [4.78, 5) is 2.28. The largest absolute Gasteiger partial charge is 0.508 e. The standard InChI is InChI=1S/C26H29FN2O4S/c1-20-4-7-22(27)18-26(20)34(31,32)29(19-21-5-10-24(30)11-6-21)23-8-12-25(13-9-23)33-17-16-28-14-2-3-15-28/h4-13,18,30H,2-3,14-17,19H2,1H3. The number of benzene rings is 3. The maximum Gasteiger partial charge on any atom is 0.264 e. The van der Waals surface area contributed by atoms with E-state index in [2.05, 4.69) is 4.90 Å². The lowest BCUT2D eigenvalue weighted by molar-refractivity contribution is 0.238. The van der Waals surface area contributed by atoms with Gasteiger partial charge in [0, 0.05) is 6.54 Å². The Kier molecular flexibility index (Phi) is 7.38. The summed E-state index contributed by atoms with van der Waals surface area (Å²) in [5.74, 6) is 0.136. The van der Waals surface area contributed by atoms with E-state index in [1.165, 1.54) is 41.4 Å². The molecule has 180 valence electrons. The molecule has 0 unspecified atom stereocenters. The van der Waals surface area contributed by atoms with Gasteiger partial charge in [-0.2, -0.15) is 0 Å². The molecule has 0 aromatic heterocycles. The molecule has 3 aromatic rings. The molecule has 1 N–H and O–H groups in total. The van der Waals surface area contributed by atoms with Crippen LogP contribution in [0.2, 0.25) is 0 Å². The highest BCUT2D eigenvalue weighted by molar-refractivity contribution is 7.92. The molecule has 0 radical (unpaired) electrons. The van der Waals surface area contributed by atoms with Crippen LogP contribution in [0.25, 0.3) is 0 Å². The van der Waals surface area contributed by atoms with Gasteiger partial charge in [-0.1, -0.05) is 18.2 Å². The Hall–Kier alpha value is -3.10. The molecule has 6 nitrogen and oxygen atoms in total. The van der Waals surface area contributed by atoms with Crippen molar-refractivity contribution in [3.05, 3.63) is 83.7 Å². The van der Waals surface area contributed by atoms with Crippen molar-refractivity contribution in [2.75, 3.05) is 30.5 Å². The van der Waals surface area contributed by atoms with Crippen molar-refractivity contribution in [1.29, 1.82) is 0 Å². The smallest absolute Gasteiger partial charge is 0.264 e. The van der Waals surface area contributed by atoms with Gasteiger partial charge in [0.25, 0.3) is 10.0 Å². The minimum absolute atomic E-state index is 0.0216. The van der Waals surface area contributed by atoms with Crippen LogP contribution in [-0.4, -0.2) is 44.7 Å². The van der Waals surface area contributed by atoms with Crippen LogP contribution in [0, 0.1) is 12.7 Å². The van der Waals surface area contributed by atoms with Crippen molar-refractivity contribution >= 4 is 15.7 Å². The zero-order valence-corrected chi connectivity index (χ0v) is 20.0. The molecule has 1 aliphatic heterocycles. The summed E-state index contributed by atoms with van der Waals surface area (Å²) in [5, 5.41) is 9.59. The van der Waals surface area contributed by atoms with Crippen LogP contribution in [0.3, 0.4) is 0 Å². The molecule has 0 spiro atoms. The maximum absolute atomic E-state index is 14.0. The van der Waals surface area contributed by atoms with E-state index in [4.69, 9.17) is 4.74 Å². The van der Waals surface area contributed by atoms with Gasteiger partial charge >= 0.3 is 0 Å². The highest BCUT2D eigenvalue weighted by Gasteiger charge is 2.27. The zero-order valence-electron chi connectivity index (χ0n) is 19.2. The van der Waals surface area contributed by atoms with E-state index in [-0.39, 0.29) is 17.2 Å². The Morgan fingerprint density at radius 2 is 1.68 bits per heavy atom. The van der Waals surface area contributed by atoms with E-state index in [0.29, 0.717) is 29.2 Å². The Balaban J connectivity index is 1.59. The SMILES string of the molecule is Cc1ccc(F)cc1S(=O)(=O)N(Cc1ccc(O)cc1)c1ccc(OCCN2CCCC2)cc1. The topological polar surface area (TPSA) is 70.1 Å². The predicted molar refractivity (Wildman–Crippen MR) is 130 cm³/mol. The number of likely N-dealkylation sites (tertiary alicyclic amines) is 1. The highest BCUT2D eigenvalue weighted by atomic mass is 32.2. The monoisotopic (exact) mass is 484 g/mol. The molecule has 34 heavy (non-hydrogen) atoms. The summed E-state index contributed by atoms with van der Waals surface area (Å²) in [7, 11) is -4.07. The van der Waals surface area contributed by atoms with Crippen LogP contribution in [-0.2, 0) is 16.6 Å². The molecule has 0 amide bonds. The molecule has 0 aliphatic carbocycles. The highest BCUT2D eigenvalue weighted by Crippen LogP contribution is 2.30. The van der Waals surface area contributed by atoms with Gasteiger partial charge in [0.2, 0.25) is 0 Å². The normalized spacial score (nSPS) is 14.3. The second kappa shape index (κ2) is 10.4. The first-order valence-electron chi connectivity index (χ1n) is 11.3. The van der Waals surface area contributed by atoms with E-state index in [1.807, 2.05) is 0 Å². The quantitative estimate of drug-likeness (QED) is 0.476. The average Bonchev–Trinajstić information content (AvgIpc) is 3.34. The molecule has 3 aromatic carbocycles. The Morgan fingerprint density at radius 1 is 1.00 bits per heavy atom. The average molecular weight is 485 g/mol. The fourth-order valence-electron chi connectivity index (χ4n) is 4.06. The molecule has 0 atom stereocenters. The third-order valence-corrected chi connectivity index (χ3v) is 7.90. The van der Waals surface area contributed by atoms with E-state index < -0.39 is 15.8 Å². The molecule has 0 saturated carbocycles. The Labute approximate surface area is 200 Å². The molecular weight excluding hydrogens is 455 g/mol. The number of anilines is 1. The fourth-order valence-corrected chi connectivity index (χ4v) is 5.75. The van der Waals surface area contributed by atoms with Gasteiger partial charge in [0.1, 0.15) is 23.9 Å². The molecule has 1 aliphatic rings. The van der Waals surface area contributed by atoms with Crippen molar-refractivity contribution in [3.8, 4) is 11.5 Å². The van der Waals surface area contributed by atoms with Crippen molar-refractivity contribution in [1.82, 2.24) is 4.90 Å². The van der Waals surface area contributed by atoms with Crippen molar-refractivity contribution in [3.63, 3.8) is 0 Å². The molecular formula is C26H29FN2O4S. The number of hydrogen-bond acceptors (Lipinski definition) is 5. The fraction of sp³-hybridized carbons (Fsp3) is 0.308. The number of nitrogens with zero attached hydrogens (tertiary/aromatic N) is 2. The van der Waals surface area contributed by atoms with Crippen LogP contribution in [0.4, 0.5) is 10.1 Å². The lowest BCUT2D eigenvalue weighted by atomic mass is 10.2. The summed E-state index contributed by atoms with van der Waals surface area (Å²) in [6.07, 6.45) is 2.45. The number of phenols is 1. The summed E-state index contributed by atoms with van der Waals surface area (Å²) >= 11 is 0. The van der Waals surface area contributed by atoms with Crippen molar-refractivity contribution in [2.24, 2.45) is 0 Å². The van der Waals surface area contributed by atoms with E-state index in [0.717, 1.165) is 25.7 Å². The first-order chi connectivity index (χ1) is 16.3. The summed E-state index contributed by atoms with van der Waals surface area (Å²) in [6.45, 7) is 5.30. The molecule has 1 fully saturated rings. The van der Waals surface area contributed by atoms with Crippen LogP contribution in [0.15, 0.2) is 71.6 Å². The van der Waals surface area contributed by atoms with Gasteiger partial charge in [-0.05, 0) is 92.5 Å². The molecule has 0 bridgehead atoms. The van der Waals surface area contributed by atoms with Gasteiger partial charge in [-0.25, -0.2) is 12.8 Å². The predicted octanol–water partition coefficient (Wildman–Crippen LogP) is 4.71. The number of sulfonamides is 1. The van der Waals surface area contributed by atoms with E-state index in [1.54, 1.807) is 43.3 Å². The minimum atomic E-state index is -4.07. The maximum atomic E-state index is 14.0. The molecule has 1 heterocycles. The number of rotatable bonds is 9. The lowest BCUT2D eigenvalue weighted by Crippen LogP contribution is -2.31. The summed E-state index contributed by atoms with van der Waals surface area (Å²) < 4.78 is 48.4. The summed E-state index contributed by atoms with van der Waals surface area (Å²) in [6, 6.07) is 17.0. The van der Waals surface area contributed by atoms with Crippen molar-refractivity contribution in [2.45, 2.75) is 31.2 Å². The zero-order chi connectivity index (χ0) is 24.1. The van der Waals surface area contributed by atoms with Gasteiger partial charge in [0.05, 0.1) is 17.1 Å². The number of phenolic OH excluding ortho intramolecular Hbond substituents is 1. The number of ether oxygens (including phenoxy) is 1. The summed E-state index contributed by atoms with van der Waals surface area (Å²) in [5.41, 5.74) is 1.57. The number of aromatic hydroxyl groups is 1. The lowest BCUT2D eigenvalue weighted by Gasteiger charge is -2.26. The minimum Gasteiger partial charge on any atom is -0.508 e. The van der Waals surface area contributed by atoms with Crippen LogP contribution in [0.1, 0.15) is 24.0 Å². The van der Waals surface area contributed by atoms with E-state index >= 15 is 0 Å². The Bertz CT molecular complexity index is 1210. The number of halogens is 1. The Morgan fingerprint density at radius 3 is 2.35 bits per heavy atom. The van der Waals surface area contributed by atoms with Gasteiger partial charge in [0.15, 0.2) is 0 Å². The third-order valence-electron chi connectivity index (χ3n) is 5.98. The third kappa shape index (κ3) is 5.69. The second-order valence-electron chi connectivity index (χ2n) is 8.48. The molecule has 1 saturated heterocycles. The number of aryl methyl sites for hydroxylation is 1. The van der Waals surface area contributed by atoms with Crippen molar-refractivity contribution < 1.29 is 22.7 Å². The van der Waals surface area contributed by atoms with Crippen LogP contribution < -0.4 is 9.04 Å². The van der Waals surface area contributed by atoms with Gasteiger partial charge in [-0.3, -0.25) is 9.21 Å². The first-order valence-corrected chi connectivity index (χ1v) is 12.8. The number of hydrogen-bond donors (Lipinski definition) is 1. The first kappa shape index (κ1) is 24.0.